The van der Waals surface area contributed by atoms with Crippen molar-refractivity contribution >= 4 is 5.91 Å². The summed E-state index contributed by atoms with van der Waals surface area (Å²) in [5.74, 6) is -0.126. The van der Waals surface area contributed by atoms with Crippen LogP contribution in [0.3, 0.4) is 0 Å². The first-order valence-electron chi connectivity index (χ1n) is 7.21. The second-order valence-electron chi connectivity index (χ2n) is 5.08. The predicted molar refractivity (Wildman–Crippen MR) is 83.0 cm³/mol. The summed E-state index contributed by atoms with van der Waals surface area (Å²) in [6, 6.07) is 9.35. The van der Waals surface area contributed by atoms with Gasteiger partial charge in [0.25, 0.3) is 5.91 Å². The Morgan fingerprint density at radius 2 is 1.95 bits per heavy atom. The molecule has 0 spiro atoms. The van der Waals surface area contributed by atoms with Crippen LogP contribution in [0.2, 0.25) is 0 Å². The zero-order chi connectivity index (χ0) is 15.9. The van der Waals surface area contributed by atoms with Crippen molar-refractivity contribution in [3.8, 4) is 6.07 Å². The molecular weight excluding hydrogens is 276 g/mol. The minimum Gasteiger partial charge on any atom is -0.333 e. The Kier molecular flexibility index (Phi) is 5.21. The van der Waals surface area contributed by atoms with Crippen LogP contribution in [0.15, 0.2) is 36.7 Å². The third kappa shape index (κ3) is 3.89. The van der Waals surface area contributed by atoms with Crippen LogP contribution in [0, 0.1) is 18.3 Å². The largest absolute Gasteiger partial charge is 0.333 e. The molecule has 5 nitrogen and oxygen atoms in total. The minimum absolute atomic E-state index is 0.126. The lowest BCUT2D eigenvalue weighted by molar-refractivity contribution is 0.0736. The van der Waals surface area contributed by atoms with Crippen molar-refractivity contribution in [2.75, 3.05) is 6.54 Å². The number of nitriles is 1. The molecule has 0 atom stereocenters. The number of carbonyl (C=O) groups is 1. The normalized spacial score (nSPS) is 10.0. The lowest BCUT2D eigenvalue weighted by atomic mass is 10.1. The number of benzene rings is 1. The number of carbonyl (C=O) groups excluding carboxylic acids is 1. The molecule has 0 N–H and O–H groups in total. The fourth-order valence-corrected chi connectivity index (χ4v) is 2.09. The molecule has 0 aliphatic rings. The molecule has 1 aromatic carbocycles. The van der Waals surface area contributed by atoms with Gasteiger partial charge in [0.15, 0.2) is 0 Å². The highest BCUT2D eigenvalue weighted by Crippen LogP contribution is 2.10. The number of hydrogen-bond acceptors (Lipinski definition) is 4. The molecule has 112 valence electrons. The molecule has 0 saturated heterocycles. The summed E-state index contributed by atoms with van der Waals surface area (Å²) in [5, 5.41) is 8.82. The van der Waals surface area contributed by atoms with E-state index in [1.807, 2.05) is 26.0 Å². The number of nitrogens with zero attached hydrogens (tertiary/aromatic N) is 4. The van der Waals surface area contributed by atoms with E-state index in [0.717, 1.165) is 17.7 Å². The third-order valence-corrected chi connectivity index (χ3v) is 3.24. The van der Waals surface area contributed by atoms with Gasteiger partial charge in [0.2, 0.25) is 0 Å². The molecule has 0 fully saturated rings. The van der Waals surface area contributed by atoms with Gasteiger partial charge < -0.3 is 4.90 Å². The summed E-state index contributed by atoms with van der Waals surface area (Å²) in [6.07, 6.45) is 3.97. The Morgan fingerprint density at radius 1 is 1.23 bits per heavy atom. The lowest BCUT2D eigenvalue weighted by Gasteiger charge is -2.21. The quantitative estimate of drug-likeness (QED) is 0.850. The summed E-state index contributed by atoms with van der Waals surface area (Å²) in [4.78, 5) is 22.6. The topological polar surface area (TPSA) is 69.9 Å². The summed E-state index contributed by atoms with van der Waals surface area (Å²) in [6.45, 7) is 5.00. The highest BCUT2D eigenvalue weighted by atomic mass is 16.2. The van der Waals surface area contributed by atoms with Gasteiger partial charge in [-0.25, -0.2) is 4.98 Å². The van der Waals surface area contributed by atoms with E-state index in [2.05, 4.69) is 16.0 Å². The van der Waals surface area contributed by atoms with Crippen LogP contribution in [-0.2, 0) is 6.54 Å². The van der Waals surface area contributed by atoms with E-state index < -0.39 is 0 Å². The zero-order valence-corrected chi connectivity index (χ0v) is 12.8. The van der Waals surface area contributed by atoms with Gasteiger partial charge in [0.05, 0.1) is 23.5 Å². The van der Waals surface area contributed by atoms with Crippen LogP contribution in [0.25, 0.3) is 0 Å². The number of amides is 1. The van der Waals surface area contributed by atoms with Crippen molar-refractivity contribution in [2.45, 2.75) is 26.8 Å². The standard InChI is InChI=1S/C17H18N4O/c1-3-8-21(12-15-6-4-14(9-18)5-7-15)17(22)16-11-19-13(2)10-20-16/h4-7,10-11H,3,8,12H2,1-2H3. The van der Waals surface area contributed by atoms with Gasteiger partial charge in [-0.2, -0.15) is 5.26 Å². The van der Waals surface area contributed by atoms with E-state index in [9.17, 15) is 4.79 Å². The van der Waals surface area contributed by atoms with Gasteiger partial charge in [-0.3, -0.25) is 9.78 Å². The average molecular weight is 294 g/mol. The maximum absolute atomic E-state index is 12.5. The second-order valence-corrected chi connectivity index (χ2v) is 5.08. The Bertz CT molecular complexity index is 671. The molecule has 22 heavy (non-hydrogen) atoms. The smallest absolute Gasteiger partial charge is 0.274 e. The Balaban J connectivity index is 2.16. The fourth-order valence-electron chi connectivity index (χ4n) is 2.09. The molecule has 0 aliphatic heterocycles. The third-order valence-electron chi connectivity index (χ3n) is 3.24. The van der Waals surface area contributed by atoms with Gasteiger partial charge in [0.1, 0.15) is 5.69 Å². The van der Waals surface area contributed by atoms with E-state index >= 15 is 0 Å². The summed E-state index contributed by atoms with van der Waals surface area (Å²) in [5.41, 5.74) is 2.74. The molecule has 2 aromatic rings. The van der Waals surface area contributed by atoms with Gasteiger partial charge in [-0.1, -0.05) is 19.1 Å². The fraction of sp³-hybridized carbons (Fsp3) is 0.294. The van der Waals surface area contributed by atoms with E-state index in [1.165, 1.54) is 6.20 Å². The molecule has 0 aliphatic carbocycles. The Labute approximate surface area is 130 Å². The molecule has 0 unspecified atom stereocenters. The van der Waals surface area contributed by atoms with Crippen molar-refractivity contribution in [1.82, 2.24) is 14.9 Å². The molecule has 0 radical (unpaired) electrons. The van der Waals surface area contributed by atoms with Crippen LogP contribution < -0.4 is 0 Å². The molecule has 0 saturated carbocycles. The molecule has 1 amide bonds. The molecule has 5 heteroatoms. The second kappa shape index (κ2) is 7.32. The maximum atomic E-state index is 12.5. The van der Waals surface area contributed by atoms with Gasteiger partial charge >= 0.3 is 0 Å². The van der Waals surface area contributed by atoms with Gasteiger partial charge in [0, 0.05) is 19.3 Å². The van der Waals surface area contributed by atoms with Gasteiger partial charge in [-0.15, -0.1) is 0 Å². The monoisotopic (exact) mass is 294 g/mol. The van der Waals surface area contributed by atoms with Crippen molar-refractivity contribution in [1.29, 1.82) is 5.26 Å². The predicted octanol–water partition coefficient (Wildman–Crippen LogP) is 2.71. The number of hydrogen-bond donors (Lipinski definition) is 0. The van der Waals surface area contributed by atoms with Gasteiger partial charge in [-0.05, 0) is 31.0 Å². The first kappa shape index (κ1) is 15.6. The zero-order valence-electron chi connectivity index (χ0n) is 12.8. The van der Waals surface area contributed by atoms with Crippen LogP contribution in [0.1, 0.15) is 40.7 Å². The Morgan fingerprint density at radius 3 is 2.50 bits per heavy atom. The highest BCUT2D eigenvalue weighted by Gasteiger charge is 2.17. The number of aryl methyl sites for hydroxylation is 1. The van der Waals surface area contributed by atoms with E-state index in [1.54, 1.807) is 23.2 Å². The van der Waals surface area contributed by atoms with Crippen LogP contribution in [-0.4, -0.2) is 27.3 Å². The van der Waals surface area contributed by atoms with Crippen LogP contribution >= 0.6 is 0 Å². The van der Waals surface area contributed by atoms with Crippen molar-refractivity contribution in [3.63, 3.8) is 0 Å². The Hall–Kier alpha value is -2.74. The number of aromatic nitrogens is 2. The van der Waals surface area contributed by atoms with Crippen molar-refractivity contribution < 1.29 is 4.79 Å². The van der Waals surface area contributed by atoms with E-state index in [-0.39, 0.29) is 5.91 Å². The maximum Gasteiger partial charge on any atom is 0.274 e. The summed E-state index contributed by atoms with van der Waals surface area (Å²) >= 11 is 0. The molecule has 0 bridgehead atoms. The average Bonchev–Trinajstić information content (AvgIpc) is 2.55. The molecule has 1 heterocycles. The molecule has 1 aromatic heterocycles. The SMILES string of the molecule is CCCN(Cc1ccc(C#N)cc1)C(=O)c1cnc(C)cn1. The first-order chi connectivity index (χ1) is 10.6. The molecular formula is C17H18N4O. The highest BCUT2D eigenvalue weighted by molar-refractivity contribution is 5.91. The van der Waals surface area contributed by atoms with Crippen molar-refractivity contribution in [3.05, 3.63) is 59.2 Å². The number of rotatable bonds is 5. The van der Waals surface area contributed by atoms with Crippen LogP contribution in [0.5, 0.6) is 0 Å². The van der Waals surface area contributed by atoms with E-state index in [0.29, 0.717) is 24.3 Å². The molecule has 2 rings (SSSR count). The summed E-state index contributed by atoms with van der Waals surface area (Å²) < 4.78 is 0. The minimum atomic E-state index is -0.126. The lowest BCUT2D eigenvalue weighted by Crippen LogP contribution is -2.32. The van der Waals surface area contributed by atoms with Crippen molar-refractivity contribution in [2.24, 2.45) is 0 Å². The van der Waals surface area contributed by atoms with E-state index in [4.69, 9.17) is 5.26 Å². The van der Waals surface area contributed by atoms with Crippen LogP contribution in [0.4, 0.5) is 0 Å². The summed E-state index contributed by atoms with van der Waals surface area (Å²) in [7, 11) is 0. The first-order valence-corrected chi connectivity index (χ1v) is 7.21.